The first-order chi connectivity index (χ1) is 9.86. The minimum absolute atomic E-state index is 0.0721. The Morgan fingerprint density at radius 2 is 1.71 bits per heavy atom. The molecule has 0 heterocycles. The summed E-state index contributed by atoms with van der Waals surface area (Å²) in [4.78, 5) is 43.0. The van der Waals surface area contributed by atoms with Gasteiger partial charge >= 0.3 is 11.4 Å². The molecule has 0 radical (unpaired) electrons. The maximum atomic E-state index is 11.9. The lowest BCUT2D eigenvalue weighted by molar-refractivity contribution is -0.422. The van der Waals surface area contributed by atoms with Crippen molar-refractivity contribution in [3.8, 4) is 0 Å². The largest absolute Gasteiger partial charge is 0.346 e. The number of benzene rings is 1. The fourth-order valence-corrected chi connectivity index (χ4v) is 1.74. The molecule has 8 heteroatoms. The highest BCUT2D eigenvalue weighted by atomic mass is 16.6. The lowest BCUT2D eigenvalue weighted by Crippen LogP contribution is -2.09. The molecule has 8 nitrogen and oxygen atoms in total. The number of nitro groups is 2. The predicted octanol–water partition coefficient (Wildman–Crippen LogP) is 2.84. The van der Waals surface area contributed by atoms with Gasteiger partial charge in [-0.15, -0.1) is 0 Å². The Labute approximate surface area is 120 Å². The number of nitrogens with zero attached hydrogens (tertiary/aromatic N) is 2. The topological polar surface area (TPSA) is 120 Å². The molecule has 0 atom stereocenters. The minimum atomic E-state index is -0.923. The second-order valence-corrected chi connectivity index (χ2v) is 4.46. The fraction of sp³-hybridized carbons (Fsp3) is 0.385. The van der Waals surface area contributed by atoms with E-state index in [0.717, 1.165) is 24.6 Å². The van der Waals surface area contributed by atoms with E-state index in [2.05, 4.69) is 0 Å². The Kier molecular flexibility index (Phi) is 5.65. The number of carbonyl (C=O) groups is 2. The van der Waals surface area contributed by atoms with E-state index < -0.39 is 27.0 Å². The van der Waals surface area contributed by atoms with E-state index in [1.54, 1.807) is 0 Å². The Balaban J connectivity index is 2.96. The standard InChI is InChI=1S/C13H14N2O6/c1-2-3-4-10(16)8-13(17)9-5-6-11(14(18)19)12(7-9)15(20)21/h5-7H,2-4,8H2,1H3. The molecule has 1 aromatic carbocycles. The molecule has 0 aromatic heterocycles. The van der Waals surface area contributed by atoms with Crippen molar-refractivity contribution < 1.29 is 19.4 Å². The Bertz CT molecular complexity index is 596. The van der Waals surface area contributed by atoms with Gasteiger partial charge in [0.05, 0.1) is 16.3 Å². The number of rotatable bonds is 8. The first-order valence-corrected chi connectivity index (χ1v) is 6.34. The highest BCUT2D eigenvalue weighted by Gasteiger charge is 2.26. The van der Waals surface area contributed by atoms with Crippen LogP contribution in [0.3, 0.4) is 0 Å². The molecule has 1 rings (SSSR count). The van der Waals surface area contributed by atoms with Crippen LogP contribution in [0.4, 0.5) is 11.4 Å². The molecule has 0 aliphatic carbocycles. The van der Waals surface area contributed by atoms with Gasteiger partial charge in [-0.25, -0.2) is 0 Å². The van der Waals surface area contributed by atoms with Crippen LogP contribution in [0.15, 0.2) is 18.2 Å². The first-order valence-electron chi connectivity index (χ1n) is 6.34. The zero-order chi connectivity index (χ0) is 16.0. The summed E-state index contributed by atoms with van der Waals surface area (Å²) in [6.07, 6.45) is 1.42. The third-order valence-corrected chi connectivity index (χ3v) is 2.86. The van der Waals surface area contributed by atoms with Crippen LogP contribution in [-0.4, -0.2) is 21.4 Å². The van der Waals surface area contributed by atoms with Crippen LogP contribution in [0.25, 0.3) is 0 Å². The molecule has 21 heavy (non-hydrogen) atoms. The molecule has 0 aliphatic rings. The van der Waals surface area contributed by atoms with Crippen LogP contribution < -0.4 is 0 Å². The molecule has 0 amide bonds. The summed E-state index contributed by atoms with van der Waals surface area (Å²) in [5.41, 5.74) is -1.52. The van der Waals surface area contributed by atoms with E-state index in [4.69, 9.17) is 0 Å². The van der Waals surface area contributed by atoms with Crippen LogP contribution >= 0.6 is 0 Å². The molecule has 0 aliphatic heterocycles. The molecule has 0 unspecified atom stereocenters. The quantitative estimate of drug-likeness (QED) is 0.314. The summed E-state index contributed by atoms with van der Waals surface area (Å²) in [6.45, 7) is 1.91. The van der Waals surface area contributed by atoms with E-state index in [1.807, 2.05) is 6.92 Å². The van der Waals surface area contributed by atoms with Gasteiger partial charge in [0.25, 0.3) is 0 Å². The molecular weight excluding hydrogens is 280 g/mol. The number of Topliss-reactive ketones (excluding diaryl/α,β-unsaturated/α-hetero) is 2. The van der Waals surface area contributed by atoms with Gasteiger partial charge in [0.2, 0.25) is 0 Å². The minimum Gasteiger partial charge on any atom is -0.299 e. The summed E-state index contributed by atoms with van der Waals surface area (Å²) in [5.74, 6) is -0.822. The average molecular weight is 294 g/mol. The highest BCUT2D eigenvalue weighted by molar-refractivity contribution is 6.08. The summed E-state index contributed by atoms with van der Waals surface area (Å²) >= 11 is 0. The van der Waals surface area contributed by atoms with Crippen LogP contribution in [-0.2, 0) is 4.79 Å². The Morgan fingerprint density at radius 1 is 1.10 bits per heavy atom. The van der Waals surface area contributed by atoms with Crippen LogP contribution in [0.1, 0.15) is 43.0 Å². The maximum absolute atomic E-state index is 11.9. The molecule has 112 valence electrons. The summed E-state index contributed by atoms with van der Waals surface area (Å²) in [5, 5.41) is 21.5. The molecule has 0 saturated heterocycles. The van der Waals surface area contributed by atoms with Gasteiger partial charge in [-0.3, -0.25) is 29.8 Å². The van der Waals surface area contributed by atoms with Gasteiger partial charge in [0.15, 0.2) is 5.78 Å². The third-order valence-electron chi connectivity index (χ3n) is 2.86. The SMILES string of the molecule is CCCCC(=O)CC(=O)c1ccc([N+](=O)[O-])c([N+](=O)[O-])c1. The number of carbonyl (C=O) groups excluding carboxylic acids is 2. The summed E-state index contributed by atoms with van der Waals surface area (Å²) in [6, 6.07) is 2.87. The molecule has 0 spiro atoms. The van der Waals surface area contributed by atoms with Gasteiger partial charge in [-0.1, -0.05) is 13.3 Å². The molecule has 0 fully saturated rings. The van der Waals surface area contributed by atoms with Gasteiger partial charge in [-0.2, -0.15) is 0 Å². The monoisotopic (exact) mass is 294 g/mol. The van der Waals surface area contributed by atoms with E-state index in [-0.39, 0.29) is 24.2 Å². The second kappa shape index (κ2) is 7.22. The maximum Gasteiger partial charge on any atom is 0.346 e. The van der Waals surface area contributed by atoms with Crippen LogP contribution in [0, 0.1) is 20.2 Å². The molecular formula is C13H14N2O6. The predicted molar refractivity (Wildman–Crippen MR) is 73.2 cm³/mol. The van der Waals surface area contributed by atoms with E-state index in [0.29, 0.717) is 6.42 Å². The van der Waals surface area contributed by atoms with Gasteiger partial charge in [0, 0.05) is 24.1 Å². The number of hydrogen-bond donors (Lipinski definition) is 0. The molecule has 0 bridgehead atoms. The van der Waals surface area contributed by atoms with E-state index in [1.165, 1.54) is 0 Å². The van der Waals surface area contributed by atoms with Crippen molar-refractivity contribution in [2.75, 3.05) is 0 Å². The summed E-state index contributed by atoms with van der Waals surface area (Å²) < 4.78 is 0. The van der Waals surface area contributed by atoms with Crippen LogP contribution in [0.5, 0.6) is 0 Å². The summed E-state index contributed by atoms with van der Waals surface area (Å²) in [7, 11) is 0. The highest BCUT2D eigenvalue weighted by Crippen LogP contribution is 2.28. The Hall–Kier alpha value is -2.64. The van der Waals surface area contributed by atoms with Crippen molar-refractivity contribution in [2.24, 2.45) is 0 Å². The van der Waals surface area contributed by atoms with E-state index in [9.17, 15) is 29.8 Å². The van der Waals surface area contributed by atoms with Gasteiger partial charge < -0.3 is 0 Å². The van der Waals surface area contributed by atoms with E-state index >= 15 is 0 Å². The first kappa shape index (κ1) is 16.4. The Morgan fingerprint density at radius 3 is 2.24 bits per heavy atom. The average Bonchev–Trinajstić information content (AvgIpc) is 2.44. The smallest absolute Gasteiger partial charge is 0.299 e. The number of hydrogen-bond acceptors (Lipinski definition) is 6. The van der Waals surface area contributed by atoms with Gasteiger partial charge in [0.1, 0.15) is 5.78 Å². The number of nitro benzene ring substituents is 2. The van der Waals surface area contributed by atoms with Crippen molar-refractivity contribution in [3.05, 3.63) is 44.0 Å². The normalized spacial score (nSPS) is 10.1. The zero-order valence-electron chi connectivity index (χ0n) is 11.4. The lowest BCUT2D eigenvalue weighted by atomic mass is 10.0. The van der Waals surface area contributed by atoms with Crippen LogP contribution in [0.2, 0.25) is 0 Å². The molecule has 1 aromatic rings. The molecule has 0 N–H and O–H groups in total. The van der Waals surface area contributed by atoms with Crippen molar-refractivity contribution >= 4 is 22.9 Å². The third kappa shape index (κ3) is 4.44. The van der Waals surface area contributed by atoms with Crippen molar-refractivity contribution in [2.45, 2.75) is 32.6 Å². The number of unbranched alkanes of at least 4 members (excludes halogenated alkanes) is 1. The number of ketones is 2. The second-order valence-electron chi connectivity index (χ2n) is 4.46. The van der Waals surface area contributed by atoms with Crippen molar-refractivity contribution in [1.29, 1.82) is 0 Å². The van der Waals surface area contributed by atoms with Crippen molar-refractivity contribution in [1.82, 2.24) is 0 Å². The fourth-order valence-electron chi connectivity index (χ4n) is 1.74. The van der Waals surface area contributed by atoms with Crippen molar-refractivity contribution in [3.63, 3.8) is 0 Å². The zero-order valence-corrected chi connectivity index (χ0v) is 11.4. The lowest BCUT2D eigenvalue weighted by Gasteiger charge is -2.01. The van der Waals surface area contributed by atoms with Gasteiger partial charge in [-0.05, 0) is 12.5 Å². The molecule has 0 saturated carbocycles.